The number of methoxy groups -OCH3 is 2. The first kappa shape index (κ1) is 15.8. The third-order valence-corrected chi connectivity index (χ3v) is 5.55. The Hall–Kier alpha value is -0.570. The van der Waals surface area contributed by atoms with Gasteiger partial charge in [0, 0.05) is 0 Å². The van der Waals surface area contributed by atoms with Gasteiger partial charge >= 0.3 is 0 Å². The van der Waals surface area contributed by atoms with E-state index >= 15 is 0 Å². The largest absolute Gasteiger partial charge is 0.823 e. The zero-order valence-electron chi connectivity index (χ0n) is 11.8. The number of rotatable bonds is 4. The highest BCUT2D eigenvalue weighted by molar-refractivity contribution is 9.10. The molecule has 0 heterocycles. The van der Waals surface area contributed by atoms with Crippen molar-refractivity contribution in [1.82, 2.24) is 0 Å². The Morgan fingerprint density at radius 1 is 1.20 bits per heavy atom. The van der Waals surface area contributed by atoms with Gasteiger partial charge in [0.25, 0.3) is 0 Å². The van der Waals surface area contributed by atoms with Crippen molar-refractivity contribution in [2.24, 2.45) is 0 Å². The van der Waals surface area contributed by atoms with Crippen molar-refractivity contribution >= 4 is 29.6 Å². The third-order valence-electron chi connectivity index (χ3n) is 3.58. The van der Waals surface area contributed by atoms with Crippen LogP contribution in [0.3, 0.4) is 0 Å². The van der Waals surface area contributed by atoms with Gasteiger partial charge in [-0.25, -0.2) is 0 Å². The minimum atomic E-state index is 0.0897. The second kappa shape index (κ2) is 7.44. The number of hydrogen-bond donors (Lipinski definition) is 0. The molecule has 0 N–H and O–H groups in total. The molecule has 5 heteroatoms. The van der Waals surface area contributed by atoms with E-state index in [2.05, 4.69) is 15.9 Å². The maximum atomic E-state index is 12.6. The van der Waals surface area contributed by atoms with Crippen LogP contribution >= 0.6 is 24.1 Å². The zero-order valence-corrected chi connectivity index (χ0v) is 14.3. The van der Waals surface area contributed by atoms with Gasteiger partial charge in [0.15, 0.2) is 0 Å². The fourth-order valence-electron chi connectivity index (χ4n) is 2.55. The summed E-state index contributed by atoms with van der Waals surface area (Å²) in [6.45, 7) is 0. The molecular weight excluding hydrogens is 339 g/mol. The van der Waals surface area contributed by atoms with Gasteiger partial charge in [-0.2, -0.15) is 0 Å². The van der Waals surface area contributed by atoms with E-state index in [9.17, 15) is 5.11 Å². The summed E-state index contributed by atoms with van der Waals surface area (Å²) in [6, 6.07) is 3.64. The molecule has 0 unspecified atom stereocenters. The van der Waals surface area contributed by atoms with Crippen molar-refractivity contribution in [2.45, 2.75) is 37.8 Å². The minimum absolute atomic E-state index is 0.0897. The summed E-state index contributed by atoms with van der Waals surface area (Å²) in [6.07, 6.45) is 6.05. The first-order valence-electron chi connectivity index (χ1n) is 6.83. The highest BCUT2D eigenvalue weighted by atomic mass is 79.9. The Morgan fingerprint density at radius 2 is 1.90 bits per heavy atom. The van der Waals surface area contributed by atoms with Gasteiger partial charge in [-0.1, -0.05) is 19.3 Å². The molecule has 1 fully saturated rings. The quantitative estimate of drug-likeness (QED) is 0.773. The van der Waals surface area contributed by atoms with Crippen molar-refractivity contribution in [3.63, 3.8) is 0 Å². The molecule has 3 nitrogen and oxygen atoms in total. The molecule has 1 aromatic rings. The average molecular weight is 358 g/mol. The first-order chi connectivity index (χ1) is 9.67. The second-order valence-electron chi connectivity index (χ2n) is 4.88. The number of hydrogen-bond acceptors (Lipinski definition) is 3. The van der Waals surface area contributed by atoms with E-state index in [0.717, 1.165) is 25.5 Å². The Morgan fingerprint density at radius 3 is 2.50 bits per heavy atom. The maximum Gasteiger partial charge on any atom is 0.143 e. The van der Waals surface area contributed by atoms with Gasteiger partial charge in [0.1, 0.15) is 11.5 Å². The topological polar surface area (TPSA) is 41.5 Å². The highest BCUT2D eigenvalue weighted by Gasteiger charge is 2.15. The smallest absolute Gasteiger partial charge is 0.143 e. The molecule has 1 aromatic carbocycles. The lowest BCUT2D eigenvalue weighted by atomic mass is 10.0. The Kier molecular flexibility index (Phi) is 5.88. The standard InChI is InChI=1S/C15H20BrO3P/c1-18-12-9-8-11(16)14(19-2)13(12)15(17)20-10-6-4-3-5-7-10/h8-10,17H,3-7H2,1-2H3/p-1. The summed E-state index contributed by atoms with van der Waals surface area (Å²) in [5.74, 6) is 1.15. The molecule has 1 aliphatic rings. The second-order valence-corrected chi connectivity index (χ2v) is 7.13. The van der Waals surface area contributed by atoms with Crippen molar-refractivity contribution in [3.05, 3.63) is 22.2 Å². The van der Waals surface area contributed by atoms with Crippen LogP contribution in [0.4, 0.5) is 0 Å². The maximum absolute atomic E-state index is 12.6. The molecule has 1 saturated carbocycles. The Bertz CT molecular complexity index is 496. The van der Waals surface area contributed by atoms with Crippen LogP contribution in [0.5, 0.6) is 11.5 Å². The van der Waals surface area contributed by atoms with Gasteiger partial charge in [-0.15, -0.1) is 13.7 Å². The summed E-state index contributed by atoms with van der Waals surface area (Å²) in [5, 5.41) is 12.6. The van der Waals surface area contributed by atoms with Crippen molar-refractivity contribution in [1.29, 1.82) is 0 Å². The van der Waals surface area contributed by atoms with Gasteiger partial charge < -0.3 is 14.6 Å². The molecule has 20 heavy (non-hydrogen) atoms. The molecular formula is C15H19BrO3P-. The number of halogens is 1. The number of benzene rings is 1. The molecule has 110 valence electrons. The van der Waals surface area contributed by atoms with Gasteiger partial charge in [0.05, 0.1) is 24.3 Å². The van der Waals surface area contributed by atoms with Crippen LogP contribution in [-0.2, 0) is 0 Å². The molecule has 0 atom stereocenters. The molecule has 0 radical (unpaired) electrons. The molecule has 1 aliphatic carbocycles. The van der Waals surface area contributed by atoms with Crippen LogP contribution in [0, 0.1) is 0 Å². The van der Waals surface area contributed by atoms with Gasteiger partial charge in [0.2, 0.25) is 0 Å². The van der Waals surface area contributed by atoms with Crippen LogP contribution < -0.4 is 14.6 Å². The van der Waals surface area contributed by atoms with Crippen molar-refractivity contribution in [2.75, 3.05) is 14.2 Å². The molecule has 0 amide bonds. The lowest BCUT2D eigenvalue weighted by Crippen LogP contribution is -2.20. The Labute approximate surface area is 130 Å². The monoisotopic (exact) mass is 357 g/mol. The fourth-order valence-corrected chi connectivity index (χ4v) is 4.34. The lowest BCUT2D eigenvalue weighted by Gasteiger charge is -2.24. The van der Waals surface area contributed by atoms with Gasteiger partial charge in [-0.05, 0) is 46.6 Å². The summed E-state index contributed by atoms with van der Waals surface area (Å²) in [7, 11) is 4.02. The van der Waals surface area contributed by atoms with Crippen molar-refractivity contribution < 1.29 is 14.6 Å². The lowest BCUT2D eigenvalue weighted by molar-refractivity contribution is -0.207. The van der Waals surface area contributed by atoms with Crippen molar-refractivity contribution in [3.8, 4) is 11.5 Å². The van der Waals surface area contributed by atoms with Crippen LogP contribution in [-0.4, -0.2) is 25.4 Å². The SMILES string of the molecule is COc1ccc(Br)c(OC)c1C([O-])=PC1CCCCC1. The van der Waals surface area contributed by atoms with E-state index in [1.165, 1.54) is 19.3 Å². The van der Waals surface area contributed by atoms with E-state index in [-0.39, 0.29) is 5.48 Å². The highest BCUT2D eigenvalue weighted by Crippen LogP contribution is 2.38. The van der Waals surface area contributed by atoms with E-state index < -0.39 is 0 Å². The average Bonchev–Trinajstić information content (AvgIpc) is 2.47. The molecule has 0 saturated heterocycles. The summed E-state index contributed by atoms with van der Waals surface area (Å²) >= 11 is 3.43. The predicted octanol–water partition coefficient (Wildman–Crippen LogP) is 3.58. The van der Waals surface area contributed by atoms with E-state index in [1.54, 1.807) is 20.3 Å². The third kappa shape index (κ3) is 3.55. The zero-order chi connectivity index (χ0) is 14.5. The first-order valence-corrected chi connectivity index (χ1v) is 8.58. The van der Waals surface area contributed by atoms with E-state index in [4.69, 9.17) is 9.47 Å². The molecule has 0 aromatic heterocycles. The van der Waals surface area contributed by atoms with Gasteiger partial charge in [-0.3, -0.25) is 0 Å². The van der Waals surface area contributed by atoms with Crippen LogP contribution in [0.1, 0.15) is 37.7 Å². The summed E-state index contributed by atoms with van der Waals surface area (Å²) in [4.78, 5) is 0. The normalized spacial score (nSPS) is 17.1. The van der Waals surface area contributed by atoms with E-state index in [1.807, 2.05) is 6.07 Å². The molecule has 0 aliphatic heterocycles. The minimum Gasteiger partial charge on any atom is -0.823 e. The van der Waals surface area contributed by atoms with E-state index in [0.29, 0.717) is 22.7 Å². The van der Waals surface area contributed by atoms with Crippen LogP contribution in [0.2, 0.25) is 0 Å². The molecule has 2 rings (SSSR count). The predicted molar refractivity (Wildman–Crippen MR) is 85.1 cm³/mol. The summed E-state index contributed by atoms with van der Waals surface area (Å²) in [5.41, 5.74) is 1.12. The number of ether oxygens (including phenoxy) is 2. The fraction of sp³-hybridized carbons (Fsp3) is 0.533. The molecule has 0 bridgehead atoms. The van der Waals surface area contributed by atoms with Crippen LogP contribution in [0.25, 0.3) is 0 Å². The van der Waals surface area contributed by atoms with Crippen LogP contribution in [0.15, 0.2) is 16.6 Å². The Balaban J connectivity index is 2.38. The summed E-state index contributed by atoms with van der Waals surface area (Å²) < 4.78 is 11.5. The molecule has 0 spiro atoms.